The number of nitro groups is 1. The Hall–Kier alpha value is -2.78. The summed E-state index contributed by atoms with van der Waals surface area (Å²) in [6, 6.07) is 8.07. The molecular weight excluding hydrogens is 372 g/mol. The van der Waals surface area contributed by atoms with Gasteiger partial charge in [0.25, 0.3) is 11.6 Å². The maximum atomic E-state index is 12.3. The van der Waals surface area contributed by atoms with Gasteiger partial charge in [0.15, 0.2) is 4.34 Å². The van der Waals surface area contributed by atoms with Crippen LogP contribution in [0.1, 0.15) is 21.6 Å². The number of nitrogens with zero attached hydrogens (tertiary/aromatic N) is 3. The third kappa shape index (κ3) is 4.44. The van der Waals surface area contributed by atoms with Crippen LogP contribution in [-0.2, 0) is 6.54 Å². The number of carbonyl (C=O) groups excluding carboxylic acids is 1. The summed E-state index contributed by atoms with van der Waals surface area (Å²) >= 11 is 2.64. The molecule has 1 N–H and O–H groups in total. The number of benzene rings is 1. The number of hydrogen-bond donors (Lipinski definition) is 1. The topological polar surface area (TPSA) is 98.0 Å². The Bertz CT molecular complexity index is 944. The standard InChI is InChI=1S/C17H14N4O3S2/c1-11-10-25-17(20-11)26-15-5-4-13(7-14(15)21(23)24)16(22)19-9-12-3-2-6-18-8-12/h2-8,10H,9H2,1H3,(H,19,22). The molecule has 3 rings (SSSR count). The lowest BCUT2D eigenvalue weighted by atomic mass is 10.2. The van der Waals surface area contributed by atoms with Gasteiger partial charge in [-0.3, -0.25) is 19.9 Å². The summed E-state index contributed by atoms with van der Waals surface area (Å²) in [6.07, 6.45) is 3.30. The zero-order valence-electron chi connectivity index (χ0n) is 13.7. The number of pyridine rings is 1. The van der Waals surface area contributed by atoms with Crippen molar-refractivity contribution in [3.8, 4) is 0 Å². The number of hydrogen-bond acceptors (Lipinski definition) is 7. The normalized spacial score (nSPS) is 10.5. The summed E-state index contributed by atoms with van der Waals surface area (Å²) < 4.78 is 0.722. The number of aromatic nitrogens is 2. The number of carbonyl (C=O) groups is 1. The van der Waals surface area contributed by atoms with E-state index in [0.717, 1.165) is 15.6 Å². The van der Waals surface area contributed by atoms with Gasteiger partial charge in [-0.25, -0.2) is 4.98 Å². The van der Waals surface area contributed by atoms with E-state index in [1.54, 1.807) is 30.6 Å². The van der Waals surface area contributed by atoms with Gasteiger partial charge in [-0.05, 0) is 30.7 Å². The van der Waals surface area contributed by atoms with E-state index in [2.05, 4.69) is 15.3 Å². The molecule has 0 saturated heterocycles. The molecule has 1 amide bonds. The quantitative estimate of drug-likeness (QED) is 0.511. The molecule has 0 spiro atoms. The molecule has 2 aromatic heterocycles. The largest absolute Gasteiger partial charge is 0.348 e. The third-order valence-corrected chi connectivity index (χ3v) is 5.51. The van der Waals surface area contributed by atoms with Gasteiger partial charge in [0.2, 0.25) is 0 Å². The van der Waals surface area contributed by atoms with Gasteiger partial charge in [0, 0.05) is 41.6 Å². The molecule has 0 fully saturated rings. The van der Waals surface area contributed by atoms with Crippen LogP contribution in [0.25, 0.3) is 0 Å². The maximum absolute atomic E-state index is 12.3. The molecule has 7 nitrogen and oxygen atoms in total. The zero-order chi connectivity index (χ0) is 18.5. The van der Waals surface area contributed by atoms with Crippen LogP contribution >= 0.6 is 23.1 Å². The molecule has 0 atom stereocenters. The van der Waals surface area contributed by atoms with Gasteiger partial charge in [-0.2, -0.15) is 0 Å². The summed E-state index contributed by atoms with van der Waals surface area (Å²) in [5.74, 6) is -0.376. The van der Waals surface area contributed by atoms with Crippen molar-refractivity contribution in [2.75, 3.05) is 0 Å². The van der Waals surface area contributed by atoms with E-state index < -0.39 is 4.92 Å². The molecule has 26 heavy (non-hydrogen) atoms. The highest BCUT2D eigenvalue weighted by atomic mass is 32.2. The first-order valence-corrected chi connectivity index (χ1v) is 9.28. The fraction of sp³-hybridized carbons (Fsp3) is 0.118. The zero-order valence-corrected chi connectivity index (χ0v) is 15.3. The van der Waals surface area contributed by atoms with Crippen molar-refractivity contribution in [2.45, 2.75) is 22.7 Å². The van der Waals surface area contributed by atoms with Crippen molar-refractivity contribution >= 4 is 34.7 Å². The van der Waals surface area contributed by atoms with Crippen LogP contribution in [0.3, 0.4) is 0 Å². The van der Waals surface area contributed by atoms with E-state index >= 15 is 0 Å². The smallest absolute Gasteiger partial charge is 0.284 e. The highest BCUT2D eigenvalue weighted by molar-refractivity contribution is 8.01. The summed E-state index contributed by atoms with van der Waals surface area (Å²) in [7, 11) is 0. The van der Waals surface area contributed by atoms with Gasteiger partial charge < -0.3 is 5.32 Å². The molecule has 0 aliphatic heterocycles. The lowest BCUT2D eigenvalue weighted by Gasteiger charge is -2.07. The minimum atomic E-state index is -0.485. The number of rotatable bonds is 6. The number of nitrogens with one attached hydrogen (secondary N) is 1. The lowest BCUT2D eigenvalue weighted by molar-refractivity contribution is -0.387. The van der Waals surface area contributed by atoms with Crippen molar-refractivity contribution in [1.82, 2.24) is 15.3 Å². The number of amides is 1. The number of aryl methyl sites for hydroxylation is 1. The van der Waals surface area contributed by atoms with Gasteiger partial charge in [0.05, 0.1) is 9.82 Å². The number of thiazole rings is 1. The van der Waals surface area contributed by atoms with Gasteiger partial charge in [-0.15, -0.1) is 11.3 Å². The minimum Gasteiger partial charge on any atom is -0.348 e. The highest BCUT2D eigenvalue weighted by Crippen LogP contribution is 2.36. The SMILES string of the molecule is Cc1csc(Sc2ccc(C(=O)NCc3cccnc3)cc2[N+](=O)[O-])n1. The van der Waals surface area contributed by atoms with Crippen molar-refractivity contribution < 1.29 is 9.72 Å². The first-order chi connectivity index (χ1) is 12.5. The average molecular weight is 386 g/mol. The first-order valence-electron chi connectivity index (χ1n) is 7.58. The Balaban J connectivity index is 1.77. The first kappa shape index (κ1) is 18.0. The van der Waals surface area contributed by atoms with Crippen LogP contribution in [-0.4, -0.2) is 20.8 Å². The predicted molar refractivity (Wildman–Crippen MR) is 99.5 cm³/mol. The number of nitro benzene ring substituents is 1. The van der Waals surface area contributed by atoms with Crippen molar-refractivity contribution in [1.29, 1.82) is 0 Å². The average Bonchev–Trinajstić information content (AvgIpc) is 3.05. The van der Waals surface area contributed by atoms with E-state index in [0.29, 0.717) is 11.4 Å². The van der Waals surface area contributed by atoms with E-state index in [1.807, 2.05) is 18.4 Å². The molecule has 3 aromatic rings. The molecule has 0 saturated carbocycles. The summed E-state index contributed by atoms with van der Waals surface area (Å²) in [4.78, 5) is 31.9. The molecule has 0 aliphatic carbocycles. The molecule has 0 aliphatic rings. The summed E-state index contributed by atoms with van der Waals surface area (Å²) in [5, 5.41) is 16.0. The Morgan fingerprint density at radius 2 is 2.23 bits per heavy atom. The predicted octanol–water partition coefficient (Wildman–Crippen LogP) is 3.84. The molecule has 132 valence electrons. The van der Waals surface area contributed by atoms with Crippen LogP contribution in [0.15, 0.2) is 57.3 Å². The molecular formula is C17H14N4O3S2. The minimum absolute atomic E-state index is 0.114. The van der Waals surface area contributed by atoms with Crippen LogP contribution in [0.4, 0.5) is 5.69 Å². The van der Waals surface area contributed by atoms with Gasteiger partial charge in [-0.1, -0.05) is 17.8 Å². The monoisotopic (exact) mass is 386 g/mol. The van der Waals surface area contributed by atoms with Gasteiger partial charge >= 0.3 is 0 Å². The van der Waals surface area contributed by atoms with Crippen molar-refractivity contribution in [3.63, 3.8) is 0 Å². The third-order valence-electron chi connectivity index (χ3n) is 3.39. The molecule has 9 heteroatoms. The highest BCUT2D eigenvalue weighted by Gasteiger charge is 2.19. The molecule has 0 radical (unpaired) electrons. The second-order valence-corrected chi connectivity index (χ2v) is 7.49. The van der Waals surface area contributed by atoms with Gasteiger partial charge in [0.1, 0.15) is 0 Å². The van der Waals surface area contributed by atoms with Crippen molar-refractivity contribution in [2.24, 2.45) is 0 Å². The maximum Gasteiger partial charge on any atom is 0.284 e. The van der Waals surface area contributed by atoms with E-state index in [4.69, 9.17) is 0 Å². The Morgan fingerprint density at radius 3 is 2.88 bits per heavy atom. The molecule has 2 heterocycles. The van der Waals surface area contributed by atoms with E-state index in [9.17, 15) is 14.9 Å². The van der Waals surface area contributed by atoms with Crippen LogP contribution in [0.2, 0.25) is 0 Å². The molecule has 1 aromatic carbocycles. The molecule has 0 bridgehead atoms. The van der Waals surface area contributed by atoms with E-state index in [-0.39, 0.29) is 17.2 Å². The van der Waals surface area contributed by atoms with Crippen molar-refractivity contribution in [3.05, 3.63) is 75.0 Å². The summed E-state index contributed by atoms with van der Waals surface area (Å²) in [5.41, 5.74) is 1.84. The summed E-state index contributed by atoms with van der Waals surface area (Å²) in [6.45, 7) is 2.17. The second-order valence-electron chi connectivity index (χ2n) is 5.34. The van der Waals surface area contributed by atoms with Crippen LogP contribution < -0.4 is 5.32 Å². The lowest BCUT2D eigenvalue weighted by Crippen LogP contribution is -2.22. The fourth-order valence-corrected chi connectivity index (χ4v) is 4.03. The Morgan fingerprint density at radius 1 is 1.38 bits per heavy atom. The fourth-order valence-electron chi connectivity index (χ4n) is 2.15. The van der Waals surface area contributed by atoms with Crippen LogP contribution in [0, 0.1) is 17.0 Å². The van der Waals surface area contributed by atoms with Crippen LogP contribution in [0.5, 0.6) is 0 Å². The molecule has 0 unspecified atom stereocenters. The second kappa shape index (κ2) is 8.07. The Labute approximate surface area is 157 Å². The Kier molecular flexibility index (Phi) is 5.59. The van der Waals surface area contributed by atoms with E-state index in [1.165, 1.54) is 29.2 Å².